The summed E-state index contributed by atoms with van der Waals surface area (Å²) < 4.78 is 16.1. The zero-order valence-corrected chi connectivity index (χ0v) is 16.2. The lowest BCUT2D eigenvalue weighted by molar-refractivity contribution is -0.156. The lowest BCUT2D eigenvalue weighted by Crippen LogP contribution is -2.39. The van der Waals surface area contributed by atoms with Crippen LogP contribution in [0.15, 0.2) is 41.3 Å². The Morgan fingerprint density at radius 1 is 1.25 bits per heavy atom. The molecule has 1 aliphatic heterocycles. The normalized spacial score (nSPS) is 14.7. The number of anilines is 1. The maximum absolute atomic E-state index is 12.2. The Morgan fingerprint density at radius 3 is 2.61 bits per heavy atom. The summed E-state index contributed by atoms with van der Waals surface area (Å²) in [6.45, 7) is 3.25. The van der Waals surface area contributed by atoms with Crippen molar-refractivity contribution >= 4 is 29.3 Å². The van der Waals surface area contributed by atoms with E-state index in [1.54, 1.807) is 24.3 Å². The van der Waals surface area contributed by atoms with Crippen LogP contribution in [0.2, 0.25) is 0 Å². The fourth-order valence-corrected chi connectivity index (χ4v) is 3.35. The zero-order valence-electron chi connectivity index (χ0n) is 15.4. The second-order valence-corrected chi connectivity index (χ2v) is 7.00. The van der Waals surface area contributed by atoms with Crippen LogP contribution in [0.1, 0.15) is 11.1 Å². The summed E-state index contributed by atoms with van der Waals surface area (Å²) in [7, 11) is 0. The molecule has 7 nitrogen and oxygen atoms in total. The number of nitriles is 1. The monoisotopic (exact) mass is 398 g/mol. The van der Waals surface area contributed by atoms with E-state index in [-0.39, 0.29) is 6.61 Å². The second-order valence-electron chi connectivity index (χ2n) is 6.15. The van der Waals surface area contributed by atoms with Crippen LogP contribution in [-0.2, 0) is 14.3 Å². The molecule has 0 fully saturated rings. The molecule has 8 heteroatoms. The third kappa shape index (κ3) is 4.56. The molecule has 1 aliphatic rings. The Morgan fingerprint density at radius 2 is 1.93 bits per heavy atom. The highest BCUT2D eigenvalue weighted by Gasteiger charge is 2.29. The number of nitrogens with zero attached hydrogens (tertiary/aromatic N) is 1. The third-order valence-electron chi connectivity index (χ3n) is 4.05. The highest BCUT2D eigenvalue weighted by Crippen LogP contribution is 2.31. The standard InChI is InChI=1S/C20H18N2O5S/c1-12-7-14(28-11-21)8-13(2)19(12)22-18(23)10-26-20(24)17-9-25-15-5-3-4-6-16(15)27-17/h3-8,17H,9-10H2,1-2H3,(H,22,23)/t17-/m1/s1. The number of rotatable bonds is 5. The molecule has 1 atom stereocenters. The van der Waals surface area contributed by atoms with Crippen molar-refractivity contribution in [1.29, 1.82) is 5.26 Å². The largest absolute Gasteiger partial charge is 0.485 e. The van der Waals surface area contributed by atoms with Gasteiger partial charge in [-0.1, -0.05) is 12.1 Å². The SMILES string of the molecule is Cc1cc(SC#N)cc(C)c1NC(=O)COC(=O)[C@H]1COc2ccccc2O1. The maximum atomic E-state index is 12.2. The van der Waals surface area contributed by atoms with Gasteiger partial charge in [0.15, 0.2) is 18.1 Å². The first-order valence-electron chi connectivity index (χ1n) is 8.50. The van der Waals surface area contributed by atoms with E-state index in [0.29, 0.717) is 17.2 Å². The molecule has 1 amide bonds. The van der Waals surface area contributed by atoms with E-state index in [2.05, 4.69) is 5.32 Å². The van der Waals surface area contributed by atoms with Crippen LogP contribution < -0.4 is 14.8 Å². The van der Waals surface area contributed by atoms with Gasteiger partial charge < -0.3 is 19.5 Å². The van der Waals surface area contributed by atoms with E-state index in [1.165, 1.54) is 0 Å². The van der Waals surface area contributed by atoms with Crippen LogP contribution in [0.25, 0.3) is 0 Å². The van der Waals surface area contributed by atoms with Gasteiger partial charge in [0.2, 0.25) is 6.10 Å². The van der Waals surface area contributed by atoms with Crippen molar-refractivity contribution in [2.45, 2.75) is 24.8 Å². The summed E-state index contributed by atoms with van der Waals surface area (Å²) in [5.74, 6) is -0.105. The zero-order chi connectivity index (χ0) is 20.1. The van der Waals surface area contributed by atoms with E-state index in [0.717, 1.165) is 27.8 Å². The quantitative estimate of drug-likeness (QED) is 0.469. The minimum absolute atomic E-state index is 0.0215. The van der Waals surface area contributed by atoms with Gasteiger partial charge in [-0.3, -0.25) is 4.79 Å². The molecule has 0 aliphatic carbocycles. The van der Waals surface area contributed by atoms with Crippen molar-refractivity contribution in [3.63, 3.8) is 0 Å². The molecular formula is C20H18N2O5S. The fourth-order valence-electron chi connectivity index (χ4n) is 2.77. The number of aryl methyl sites for hydroxylation is 2. The van der Waals surface area contributed by atoms with Crippen LogP contribution in [0.4, 0.5) is 5.69 Å². The first-order chi connectivity index (χ1) is 13.5. The summed E-state index contributed by atoms with van der Waals surface area (Å²) in [5.41, 5.74) is 2.27. The first-order valence-corrected chi connectivity index (χ1v) is 9.31. The summed E-state index contributed by atoms with van der Waals surface area (Å²) in [4.78, 5) is 25.2. The van der Waals surface area contributed by atoms with Crippen LogP contribution in [-0.4, -0.2) is 31.2 Å². The number of thiocyanates is 1. The summed E-state index contributed by atoms with van der Waals surface area (Å²) in [5, 5.41) is 13.5. The lowest BCUT2D eigenvalue weighted by Gasteiger charge is -2.24. The van der Waals surface area contributed by atoms with Gasteiger partial charge in [0, 0.05) is 10.6 Å². The number of hydrogen-bond acceptors (Lipinski definition) is 7. The van der Waals surface area contributed by atoms with Gasteiger partial charge in [-0.05, 0) is 61.0 Å². The van der Waals surface area contributed by atoms with E-state index in [4.69, 9.17) is 19.5 Å². The van der Waals surface area contributed by atoms with Gasteiger partial charge in [-0.2, -0.15) is 5.26 Å². The van der Waals surface area contributed by atoms with Crippen LogP contribution >= 0.6 is 11.8 Å². The van der Waals surface area contributed by atoms with Crippen molar-refractivity contribution in [2.24, 2.45) is 0 Å². The van der Waals surface area contributed by atoms with E-state index >= 15 is 0 Å². The van der Waals surface area contributed by atoms with Crippen molar-refractivity contribution in [2.75, 3.05) is 18.5 Å². The van der Waals surface area contributed by atoms with Gasteiger partial charge in [0.25, 0.3) is 5.91 Å². The topological polar surface area (TPSA) is 97.7 Å². The smallest absolute Gasteiger partial charge is 0.351 e. The Bertz CT molecular complexity index is 931. The van der Waals surface area contributed by atoms with Crippen molar-refractivity contribution in [3.8, 4) is 16.9 Å². The molecule has 2 aromatic rings. The number of amides is 1. The number of fused-ring (bicyclic) bond motifs is 1. The predicted octanol–water partition coefficient (Wildman–Crippen LogP) is 3.20. The van der Waals surface area contributed by atoms with Crippen LogP contribution in [0, 0.1) is 24.5 Å². The van der Waals surface area contributed by atoms with Gasteiger partial charge >= 0.3 is 5.97 Å². The van der Waals surface area contributed by atoms with E-state index in [1.807, 2.05) is 31.4 Å². The molecular weight excluding hydrogens is 380 g/mol. The number of thioether (sulfide) groups is 1. The average Bonchev–Trinajstić information content (AvgIpc) is 2.69. The Balaban J connectivity index is 1.55. The fraction of sp³-hybridized carbons (Fsp3) is 0.250. The summed E-state index contributed by atoms with van der Waals surface area (Å²) >= 11 is 1.05. The van der Waals surface area contributed by atoms with Crippen molar-refractivity contribution in [1.82, 2.24) is 0 Å². The van der Waals surface area contributed by atoms with E-state index in [9.17, 15) is 9.59 Å². The molecule has 28 heavy (non-hydrogen) atoms. The maximum Gasteiger partial charge on any atom is 0.351 e. The number of ether oxygens (including phenoxy) is 3. The Hall–Kier alpha value is -3.18. The predicted molar refractivity (Wildman–Crippen MR) is 103 cm³/mol. The molecule has 0 unspecified atom stereocenters. The molecule has 0 spiro atoms. The highest BCUT2D eigenvalue weighted by molar-refractivity contribution is 8.03. The van der Waals surface area contributed by atoms with Crippen LogP contribution in [0.3, 0.4) is 0 Å². The molecule has 0 radical (unpaired) electrons. The molecule has 1 N–H and O–H groups in total. The second kappa shape index (κ2) is 8.67. The molecule has 0 bridgehead atoms. The molecule has 0 saturated carbocycles. The van der Waals surface area contributed by atoms with Crippen molar-refractivity contribution < 1.29 is 23.8 Å². The number of nitrogens with one attached hydrogen (secondary N) is 1. The number of carbonyl (C=O) groups excluding carboxylic acids is 2. The number of esters is 1. The van der Waals surface area contributed by atoms with Gasteiger partial charge in [0.05, 0.1) is 0 Å². The molecule has 0 aromatic heterocycles. The highest BCUT2D eigenvalue weighted by atomic mass is 32.2. The van der Waals surface area contributed by atoms with Gasteiger partial charge in [0.1, 0.15) is 12.0 Å². The van der Waals surface area contributed by atoms with Gasteiger partial charge in [-0.25, -0.2) is 4.79 Å². The van der Waals surface area contributed by atoms with Crippen LogP contribution in [0.5, 0.6) is 11.5 Å². The Kier molecular flexibility index (Phi) is 6.06. The minimum atomic E-state index is -0.923. The van der Waals surface area contributed by atoms with Gasteiger partial charge in [-0.15, -0.1) is 0 Å². The Labute approximate surface area is 166 Å². The molecule has 2 aromatic carbocycles. The van der Waals surface area contributed by atoms with Crippen molar-refractivity contribution in [3.05, 3.63) is 47.5 Å². The van der Waals surface area contributed by atoms with E-state index < -0.39 is 24.6 Å². The minimum Gasteiger partial charge on any atom is -0.485 e. The average molecular weight is 398 g/mol. The number of para-hydroxylation sites is 2. The lowest BCUT2D eigenvalue weighted by atomic mass is 10.1. The molecule has 0 saturated heterocycles. The molecule has 1 heterocycles. The third-order valence-corrected chi connectivity index (χ3v) is 4.61. The summed E-state index contributed by atoms with van der Waals surface area (Å²) in [6.07, 6.45) is -0.923. The number of hydrogen-bond donors (Lipinski definition) is 1. The number of carbonyl (C=O) groups is 2. The number of benzene rings is 2. The summed E-state index contributed by atoms with van der Waals surface area (Å²) in [6, 6.07) is 10.6. The molecule has 144 valence electrons. The first kappa shape index (κ1) is 19.6. The molecule has 3 rings (SSSR count).